The molecule has 1 N–H and O–H groups in total. The zero-order valence-electron chi connectivity index (χ0n) is 19.8. The first-order valence-electron chi connectivity index (χ1n) is 11.0. The van der Waals surface area contributed by atoms with E-state index in [9.17, 15) is 4.79 Å². The summed E-state index contributed by atoms with van der Waals surface area (Å²) in [5.41, 5.74) is 11.8. The number of rotatable bonds is 6. The maximum atomic E-state index is 12.6. The lowest BCUT2D eigenvalue weighted by Gasteiger charge is -2.10. The van der Waals surface area contributed by atoms with Gasteiger partial charge in [-0.25, -0.2) is 5.43 Å². The van der Waals surface area contributed by atoms with Gasteiger partial charge in [-0.05, 0) is 76.6 Å². The van der Waals surface area contributed by atoms with Gasteiger partial charge in [0, 0.05) is 33.9 Å². The Morgan fingerprint density at radius 3 is 2.18 bits per heavy atom. The van der Waals surface area contributed by atoms with Crippen LogP contribution in [0.25, 0.3) is 5.69 Å². The van der Waals surface area contributed by atoms with Crippen molar-refractivity contribution >= 4 is 12.1 Å². The van der Waals surface area contributed by atoms with Gasteiger partial charge in [0.15, 0.2) is 0 Å². The SMILES string of the molecule is Cc1ccc(Cn2nc(C)c(/C=N/NC(=O)c3ccc(-n4c(C)ccc4C)cc3)c2C)cc1. The van der Waals surface area contributed by atoms with Crippen LogP contribution in [0.1, 0.15) is 49.8 Å². The van der Waals surface area contributed by atoms with Crippen molar-refractivity contribution in [1.29, 1.82) is 0 Å². The summed E-state index contributed by atoms with van der Waals surface area (Å²) in [5.74, 6) is -0.249. The lowest BCUT2D eigenvalue weighted by molar-refractivity contribution is 0.0955. The molecule has 0 unspecified atom stereocenters. The molecule has 168 valence electrons. The number of aryl methyl sites for hydroxylation is 4. The van der Waals surface area contributed by atoms with E-state index in [0.717, 1.165) is 34.0 Å². The van der Waals surface area contributed by atoms with Gasteiger partial charge in [-0.15, -0.1) is 0 Å². The molecule has 33 heavy (non-hydrogen) atoms. The molecule has 0 aliphatic heterocycles. The summed E-state index contributed by atoms with van der Waals surface area (Å²) in [5, 5.41) is 8.83. The number of hydrogen-bond acceptors (Lipinski definition) is 3. The van der Waals surface area contributed by atoms with E-state index >= 15 is 0 Å². The quantitative estimate of drug-likeness (QED) is 0.338. The molecule has 2 heterocycles. The second-order valence-corrected chi connectivity index (χ2v) is 8.43. The van der Waals surface area contributed by atoms with Crippen molar-refractivity contribution < 1.29 is 4.79 Å². The molecule has 0 fully saturated rings. The summed E-state index contributed by atoms with van der Waals surface area (Å²) in [6.07, 6.45) is 1.67. The van der Waals surface area contributed by atoms with Crippen LogP contribution in [0.2, 0.25) is 0 Å². The molecule has 6 heteroatoms. The first-order chi connectivity index (χ1) is 15.8. The van der Waals surface area contributed by atoms with Crippen molar-refractivity contribution in [2.75, 3.05) is 0 Å². The average molecular weight is 440 g/mol. The molecule has 0 radical (unpaired) electrons. The van der Waals surface area contributed by atoms with Crippen LogP contribution >= 0.6 is 0 Å². The number of amides is 1. The molecule has 0 spiro atoms. The van der Waals surface area contributed by atoms with Crippen LogP contribution in [-0.2, 0) is 6.54 Å². The van der Waals surface area contributed by atoms with Crippen LogP contribution in [0.4, 0.5) is 0 Å². The van der Waals surface area contributed by atoms with Gasteiger partial charge in [0.25, 0.3) is 5.91 Å². The normalized spacial score (nSPS) is 11.3. The van der Waals surface area contributed by atoms with Gasteiger partial charge in [0.05, 0.1) is 18.5 Å². The monoisotopic (exact) mass is 439 g/mol. The molecule has 4 rings (SSSR count). The number of carbonyl (C=O) groups excluding carboxylic acids is 1. The van der Waals surface area contributed by atoms with Crippen molar-refractivity contribution in [1.82, 2.24) is 19.8 Å². The maximum absolute atomic E-state index is 12.6. The van der Waals surface area contributed by atoms with Crippen molar-refractivity contribution in [3.05, 3.63) is 106 Å². The molecule has 4 aromatic rings. The largest absolute Gasteiger partial charge is 0.319 e. The van der Waals surface area contributed by atoms with E-state index in [0.29, 0.717) is 12.1 Å². The highest BCUT2D eigenvalue weighted by Gasteiger charge is 2.11. The van der Waals surface area contributed by atoms with Crippen molar-refractivity contribution in [3.8, 4) is 5.69 Å². The van der Waals surface area contributed by atoms with Gasteiger partial charge in [-0.1, -0.05) is 29.8 Å². The minimum atomic E-state index is -0.249. The highest BCUT2D eigenvalue weighted by Crippen LogP contribution is 2.17. The van der Waals surface area contributed by atoms with Crippen molar-refractivity contribution in [2.24, 2.45) is 5.10 Å². The van der Waals surface area contributed by atoms with E-state index in [1.165, 1.54) is 11.1 Å². The summed E-state index contributed by atoms with van der Waals surface area (Å²) in [6, 6.07) is 20.1. The maximum Gasteiger partial charge on any atom is 0.271 e. The molecule has 2 aromatic heterocycles. The van der Waals surface area contributed by atoms with Gasteiger partial charge in [0.1, 0.15) is 0 Å². The average Bonchev–Trinajstić information content (AvgIpc) is 3.27. The third-order valence-corrected chi connectivity index (χ3v) is 5.91. The summed E-state index contributed by atoms with van der Waals surface area (Å²) in [6.45, 7) is 10.9. The highest BCUT2D eigenvalue weighted by molar-refractivity contribution is 5.95. The number of nitrogens with one attached hydrogen (secondary N) is 1. The summed E-state index contributed by atoms with van der Waals surface area (Å²) in [7, 11) is 0. The Bertz CT molecular complexity index is 1290. The lowest BCUT2D eigenvalue weighted by atomic mass is 10.1. The minimum Gasteiger partial charge on any atom is -0.319 e. The molecule has 1 amide bonds. The fraction of sp³-hybridized carbons (Fsp3) is 0.222. The zero-order chi connectivity index (χ0) is 23.5. The third kappa shape index (κ3) is 4.80. The minimum absolute atomic E-state index is 0.249. The third-order valence-electron chi connectivity index (χ3n) is 5.91. The highest BCUT2D eigenvalue weighted by atomic mass is 16.2. The van der Waals surface area contributed by atoms with Gasteiger partial charge in [0.2, 0.25) is 0 Å². The summed E-state index contributed by atoms with van der Waals surface area (Å²) >= 11 is 0. The standard InChI is InChI=1S/C27H29N5O/c1-18-6-10-23(11-7-18)17-31-22(5)26(21(4)30-31)16-28-29-27(33)24-12-14-25(15-13-24)32-19(2)8-9-20(32)3/h6-16H,17H2,1-5H3,(H,29,33)/b28-16+. The van der Waals surface area contributed by atoms with E-state index in [2.05, 4.69) is 77.4 Å². The van der Waals surface area contributed by atoms with Gasteiger partial charge < -0.3 is 4.57 Å². The van der Waals surface area contributed by atoms with Gasteiger partial charge in [-0.2, -0.15) is 10.2 Å². The van der Waals surface area contributed by atoms with Crippen LogP contribution in [-0.4, -0.2) is 26.5 Å². The number of hydrazone groups is 1. The number of benzene rings is 2. The number of aromatic nitrogens is 3. The Morgan fingerprint density at radius 1 is 0.909 bits per heavy atom. The number of nitrogens with zero attached hydrogens (tertiary/aromatic N) is 4. The van der Waals surface area contributed by atoms with E-state index < -0.39 is 0 Å². The Morgan fingerprint density at radius 2 is 1.55 bits per heavy atom. The molecule has 0 saturated carbocycles. The van der Waals surface area contributed by atoms with Crippen LogP contribution in [0.15, 0.2) is 65.8 Å². The molecule has 0 bridgehead atoms. The fourth-order valence-electron chi connectivity index (χ4n) is 3.98. The van der Waals surface area contributed by atoms with Crippen molar-refractivity contribution in [2.45, 2.75) is 41.2 Å². The number of carbonyl (C=O) groups is 1. The Labute approximate surface area is 194 Å². The Balaban J connectivity index is 1.43. The van der Waals surface area contributed by atoms with Crippen LogP contribution in [0, 0.1) is 34.6 Å². The lowest BCUT2D eigenvalue weighted by Crippen LogP contribution is -2.17. The molecule has 0 atom stereocenters. The van der Waals surface area contributed by atoms with E-state index in [1.54, 1.807) is 6.21 Å². The summed E-state index contributed by atoms with van der Waals surface area (Å²) < 4.78 is 4.12. The smallest absolute Gasteiger partial charge is 0.271 e. The van der Waals surface area contributed by atoms with E-state index in [1.807, 2.05) is 42.8 Å². The van der Waals surface area contributed by atoms with Crippen LogP contribution < -0.4 is 5.43 Å². The molecule has 0 saturated heterocycles. The van der Waals surface area contributed by atoms with Crippen LogP contribution in [0.3, 0.4) is 0 Å². The Kier molecular flexibility index (Phi) is 6.27. The van der Waals surface area contributed by atoms with E-state index in [4.69, 9.17) is 0 Å². The summed E-state index contributed by atoms with van der Waals surface area (Å²) in [4.78, 5) is 12.6. The second kappa shape index (κ2) is 9.28. The van der Waals surface area contributed by atoms with Crippen LogP contribution in [0.5, 0.6) is 0 Å². The molecule has 0 aliphatic rings. The molecule has 0 aliphatic carbocycles. The molecule has 6 nitrogen and oxygen atoms in total. The predicted molar refractivity (Wildman–Crippen MR) is 132 cm³/mol. The second-order valence-electron chi connectivity index (χ2n) is 8.43. The number of hydrogen-bond donors (Lipinski definition) is 1. The zero-order valence-corrected chi connectivity index (χ0v) is 19.8. The fourth-order valence-corrected chi connectivity index (χ4v) is 3.98. The predicted octanol–water partition coefficient (Wildman–Crippen LogP) is 5.03. The molecular weight excluding hydrogens is 410 g/mol. The topological polar surface area (TPSA) is 64.2 Å². The van der Waals surface area contributed by atoms with Gasteiger partial charge in [-0.3, -0.25) is 9.48 Å². The van der Waals surface area contributed by atoms with E-state index in [-0.39, 0.29) is 5.91 Å². The first kappa shape index (κ1) is 22.3. The first-order valence-corrected chi connectivity index (χ1v) is 11.0. The molecule has 2 aromatic carbocycles. The van der Waals surface area contributed by atoms with Crippen molar-refractivity contribution in [3.63, 3.8) is 0 Å². The Hall–Kier alpha value is -3.93. The van der Waals surface area contributed by atoms with Gasteiger partial charge >= 0.3 is 0 Å². The molecular formula is C27H29N5O.